The molecule has 1 N–H and O–H groups in total. The zero-order chi connectivity index (χ0) is 27.2. The summed E-state index contributed by atoms with van der Waals surface area (Å²) < 4.78 is 68.2. The number of hydrogen-bond donors (Lipinski definition) is 1. The van der Waals surface area contributed by atoms with Gasteiger partial charge in [-0.3, -0.25) is 0 Å². The summed E-state index contributed by atoms with van der Waals surface area (Å²) in [5.41, 5.74) is 2.54. The predicted molar refractivity (Wildman–Crippen MR) is 146 cm³/mol. The summed E-state index contributed by atoms with van der Waals surface area (Å²) in [6.07, 6.45) is 0. The molecule has 0 atom stereocenters. The van der Waals surface area contributed by atoms with Crippen molar-refractivity contribution in [3.63, 3.8) is 0 Å². The number of nitrogens with one attached hydrogen (secondary N) is 1. The van der Waals surface area contributed by atoms with Crippen LogP contribution in [0.5, 0.6) is 5.75 Å². The second kappa shape index (κ2) is 10.8. The van der Waals surface area contributed by atoms with E-state index in [1.165, 1.54) is 24.3 Å². The normalized spacial score (nSPS) is 11.8. The summed E-state index contributed by atoms with van der Waals surface area (Å²) >= 11 is 0. The molecule has 0 amide bonds. The minimum atomic E-state index is -4.59. The van der Waals surface area contributed by atoms with Crippen molar-refractivity contribution in [1.29, 1.82) is 0 Å². The molecule has 0 bridgehead atoms. The van der Waals surface area contributed by atoms with Crippen LogP contribution in [0.2, 0.25) is 0 Å². The molecule has 0 aliphatic rings. The van der Waals surface area contributed by atoms with Crippen molar-refractivity contribution in [3.8, 4) is 5.75 Å². The van der Waals surface area contributed by atoms with Gasteiger partial charge >= 0.3 is 39.9 Å². The molecular formula is C28H19N3NaO6S2+. The minimum Gasteiger partial charge on any atom is -0.744 e. The molecule has 0 spiro atoms. The summed E-state index contributed by atoms with van der Waals surface area (Å²) in [4.78, 5) is 4.45. The first-order valence-electron chi connectivity index (χ1n) is 11.7. The summed E-state index contributed by atoms with van der Waals surface area (Å²) in [6.45, 7) is 0. The molecule has 9 nitrogen and oxygen atoms in total. The van der Waals surface area contributed by atoms with Gasteiger partial charge in [0, 0.05) is 28.6 Å². The average Bonchev–Trinajstić information content (AvgIpc) is 2.92. The Labute approximate surface area is 252 Å². The maximum absolute atomic E-state index is 13.8. The van der Waals surface area contributed by atoms with Crippen LogP contribution in [0, 0.1) is 0 Å². The number of nitrogens with zero attached hydrogens (tertiary/aromatic N) is 2. The maximum Gasteiger partial charge on any atom is 1.00 e. The predicted octanol–water partition coefficient (Wildman–Crippen LogP) is 1.65. The van der Waals surface area contributed by atoms with Crippen LogP contribution in [0.4, 0.5) is 11.4 Å². The molecule has 0 unspecified atom stereocenters. The van der Waals surface area contributed by atoms with E-state index in [-0.39, 0.29) is 45.7 Å². The van der Waals surface area contributed by atoms with Crippen molar-refractivity contribution >= 4 is 64.6 Å². The van der Waals surface area contributed by atoms with Crippen molar-refractivity contribution in [2.45, 2.75) is 4.90 Å². The fourth-order valence-electron chi connectivity index (χ4n) is 4.44. The standard InChI is InChI=1S/C28H19N3O6S2.Na/c32-38(33,34)21-16-14-19(15-17-21)29-25-18-27-28(23-11-5-4-10-22(23)25)30-24-12-6-7-13-26(24)31(27)39(35,36)37-20-8-2-1-3-9-20;/h1-18H,(H,32,33,34);/q;+1. The Morgan fingerprint density at radius 2 is 1.35 bits per heavy atom. The van der Waals surface area contributed by atoms with Crippen molar-refractivity contribution in [2.24, 2.45) is 0 Å². The molecule has 6 rings (SSSR count). The van der Waals surface area contributed by atoms with E-state index in [0.29, 0.717) is 33.3 Å². The topological polar surface area (TPSA) is 129 Å². The summed E-state index contributed by atoms with van der Waals surface area (Å²) in [5.74, 6) is 0.159. The number of hydrogen-bond acceptors (Lipinski definition) is 8. The van der Waals surface area contributed by atoms with Gasteiger partial charge in [-0.25, -0.2) is 13.4 Å². The van der Waals surface area contributed by atoms with Crippen LogP contribution in [-0.2, 0) is 20.4 Å². The van der Waals surface area contributed by atoms with Gasteiger partial charge in [0.1, 0.15) is 26.9 Å². The average molecular weight is 581 g/mol. The number of fused-ring (bicyclic) bond motifs is 4. The van der Waals surface area contributed by atoms with Gasteiger partial charge in [-0.2, -0.15) is 0 Å². The van der Waals surface area contributed by atoms with Crippen LogP contribution in [0.15, 0.2) is 114 Å². The van der Waals surface area contributed by atoms with Crippen LogP contribution in [-0.4, -0.2) is 26.4 Å². The van der Waals surface area contributed by atoms with Gasteiger partial charge < -0.3 is 14.1 Å². The van der Waals surface area contributed by atoms with Crippen LogP contribution in [0.25, 0.3) is 32.8 Å². The second-order valence-corrected chi connectivity index (χ2v) is 11.4. The van der Waals surface area contributed by atoms with E-state index in [0.717, 1.165) is 9.36 Å². The largest absolute Gasteiger partial charge is 1.00 e. The van der Waals surface area contributed by atoms with Gasteiger partial charge in [-0.15, -0.1) is 8.42 Å². The maximum atomic E-state index is 13.8. The molecule has 0 saturated carbocycles. The van der Waals surface area contributed by atoms with E-state index in [9.17, 15) is 21.4 Å². The SMILES string of the molecule is O=S(=O)([O-])c1ccc(Nc2cc3c(nc4ccccc4[n+]3S(=O)(=O)Oc3ccccc3)c3ccccc23)cc1.[Na+]. The zero-order valence-corrected chi connectivity index (χ0v) is 24.7. The Morgan fingerprint density at radius 3 is 2.05 bits per heavy atom. The van der Waals surface area contributed by atoms with Crippen LogP contribution < -0.4 is 43.0 Å². The molecule has 6 aromatic rings. The quantitative estimate of drug-likeness (QED) is 0.104. The van der Waals surface area contributed by atoms with Crippen LogP contribution >= 0.6 is 0 Å². The van der Waals surface area contributed by atoms with Gasteiger partial charge in [0.25, 0.3) is 11.0 Å². The molecule has 5 aromatic carbocycles. The first-order valence-corrected chi connectivity index (χ1v) is 14.5. The molecule has 12 heteroatoms. The number of aromatic nitrogens is 2. The number of para-hydroxylation sites is 3. The first-order chi connectivity index (χ1) is 18.7. The Morgan fingerprint density at radius 1 is 0.725 bits per heavy atom. The summed E-state index contributed by atoms with van der Waals surface area (Å²) in [7, 11) is -8.99. The van der Waals surface area contributed by atoms with Gasteiger partial charge in [0.05, 0.1) is 10.6 Å². The fourth-order valence-corrected chi connectivity index (χ4v) is 6.11. The van der Waals surface area contributed by atoms with Gasteiger partial charge in [-0.05, 0) is 46.4 Å². The summed E-state index contributed by atoms with van der Waals surface area (Å²) in [6, 6.07) is 29.5. The molecule has 0 fully saturated rings. The number of benzene rings is 5. The van der Waals surface area contributed by atoms with Crippen molar-refractivity contribution in [2.75, 3.05) is 5.32 Å². The second-order valence-electron chi connectivity index (χ2n) is 8.66. The molecule has 0 aliphatic carbocycles. The summed E-state index contributed by atoms with van der Waals surface area (Å²) in [5, 5.41) is 4.66. The number of rotatable bonds is 6. The molecule has 0 radical (unpaired) electrons. The Kier molecular flexibility index (Phi) is 7.53. The Hall–Kier alpha value is -3.58. The zero-order valence-electron chi connectivity index (χ0n) is 21.1. The Bertz CT molecular complexity index is 2110. The fraction of sp³-hybridized carbons (Fsp3) is 0. The third kappa shape index (κ3) is 5.27. The Balaban J connectivity index is 0.00000323. The van der Waals surface area contributed by atoms with Crippen molar-refractivity contribution in [1.82, 2.24) is 4.98 Å². The van der Waals surface area contributed by atoms with Crippen LogP contribution in [0.3, 0.4) is 0 Å². The molecule has 0 aliphatic heterocycles. The van der Waals surface area contributed by atoms with E-state index in [1.807, 2.05) is 24.3 Å². The van der Waals surface area contributed by atoms with E-state index < -0.39 is 20.4 Å². The van der Waals surface area contributed by atoms with E-state index >= 15 is 0 Å². The van der Waals surface area contributed by atoms with Gasteiger partial charge in [0.2, 0.25) is 0 Å². The molecule has 40 heavy (non-hydrogen) atoms. The minimum absolute atomic E-state index is 0. The third-order valence-electron chi connectivity index (χ3n) is 6.14. The van der Waals surface area contributed by atoms with E-state index in [2.05, 4.69) is 5.32 Å². The molecule has 194 valence electrons. The van der Waals surface area contributed by atoms with Crippen molar-refractivity contribution < 1.29 is 59.1 Å². The van der Waals surface area contributed by atoms with Gasteiger partial charge in [-0.1, -0.05) is 54.6 Å². The third-order valence-corrected chi connectivity index (χ3v) is 8.23. The molecule has 0 saturated heterocycles. The molecule has 1 aromatic heterocycles. The monoisotopic (exact) mass is 580 g/mol. The van der Waals surface area contributed by atoms with Gasteiger partial charge in [0.15, 0.2) is 0 Å². The molecular weight excluding hydrogens is 561 g/mol. The molecule has 1 heterocycles. The van der Waals surface area contributed by atoms with Crippen LogP contribution in [0.1, 0.15) is 0 Å². The van der Waals surface area contributed by atoms with E-state index in [1.54, 1.807) is 60.7 Å². The van der Waals surface area contributed by atoms with E-state index in [4.69, 9.17) is 9.17 Å². The smallest absolute Gasteiger partial charge is 0.744 e. The van der Waals surface area contributed by atoms with Crippen molar-refractivity contribution in [3.05, 3.63) is 109 Å². The first kappa shape index (κ1) is 28.0. The number of anilines is 2.